The number of nitrogens with two attached hydrogens (primary N) is 1. The minimum atomic E-state index is -0.113. The average molecular weight is 383 g/mol. The first-order chi connectivity index (χ1) is 10.6. The fraction of sp³-hybridized carbons (Fsp3) is 0.214. The fourth-order valence-corrected chi connectivity index (χ4v) is 2.64. The molecule has 0 spiro atoms. The summed E-state index contributed by atoms with van der Waals surface area (Å²) in [6.07, 6.45) is 1.44. The number of carbonyl (C=O) groups excluding carboxylic acids is 1. The summed E-state index contributed by atoms with van der Waals surface area (Å²) in [5.74, 6) is 7.51. The highest BCUT2D eigenvalue weighted by Crippen LogP contribution is 2.20. The number of ketones is 1. The molecule has 1 heterocycles. The molecule has 0 saturated heterocycles. The quantitative estimate of drug-likeness (QED) is 0.260. The van der Waals surface area contributed by atoms with Gasteiger partial charge in [0.25, 0.3) is 0 Å². The molecule has 2 N–H and O–H groups in total. The summed E-state index contributed by atoms with van der Waals surface area (Å²) in [6.45, 7) is 2.21. The van der Waals surface area contributed by atoms with Crippen LogP contribution >= 0.6 is 27.7 Å². The third kappa shape index (κ3) is 4.11. The molecule has 0 atom stereocenters. The molecule has 0 radical (unpaired) electrons. The summed E-state index contributed by atoms with van der Waals surface area (Å²) in [7, 11) is 0. The van der Waals surface area contributed by atoms with E-state index in [2.05, 4.69) is 26.1 Å². The molecule has 22 heavy (non-hydrogen) atoms. The summed E-state index contributed by atoms with van der Waals surface area (Å²) < 4.78 is 7.12. The molecule has 0 aliphatic carbocycles. The van der Waals surface area contributed by atoms with E-state index in [0.29, 0.717) is 34.7 Å². The van der Waals surface area contributed by atoms with Gasteiger partial charge in [0.2, 0.25) is 5.16 Å². The molecule has 0 aliphatic rings. The van der Waals surface area contributed by atoms with Crippen molar-refractivity contribution >= 4 is 33.5 Å². The van der Waals surface area contributed by atoms with Crippen molar-refractivity contribution in [3.05, 3.63) is 46.7 Å². The summed E-state index contributed by atoms with van der Waals surface area (Å²) in [5, 5.41) is 8.47. The van der Waals surface area contributed by atoms with Crippen molar-refractivity contribution in [2.75, 3.05) is 18.2 Å². The summed E-state index contributed by atoms with van der Waals surface area (Å²) in [6, 6.07) is 7.14. The van der Waals surface area contributed by atoms with Crippen LogP contribution < -0.4 is 10.6 Å². The van der Waals surface area contributed by atoms with E-state index >= 15 is 0 Å². The molecule has 1 aromatic carbocycles. The lowest BCUT2D eigenvalue weighted by Crippen LogP contribution is -2.12. The molecule has 0 unspecified atom stereocenters. The maximum Gasteiger partial charge on any atom is 0.209 e. The van der Waals surface area contributed by atoms with Crippen molar-refractivity contribution in [1.29, 1.82) is 0 Å². The van der Waals surface area contributed by atoms with Gasteiger partial charge in [0.1, 0.15) is 11.6 Å². The summed E-state index contributed by atoms with van der Waals surface area (Å²) in [5.41, 5.74) is 0.529. The minimum absolute atomic E-state index is 0.113. The Morgan fingerprint density at radius 1 is 1.45 bits per heavy atom. The van der Waals surface area contributed by atoms with Gasteiger partial charge in [-0.15, -0.1) is 10.2 Å². The predicted molar refractivity (Wildman–Crippen MR) is 90.0 cm³/mol. The van der Waals surface area contributed by atoms with Gasteiger partial charge in [-0.1, -0.05) is 39.8 Å². The molecule has 2 rings (SSSR count). The number of nitrogen functional groups attached to an aromatic ring is 1. The van der Waals surface area contributed by atoms with E-state index < -0.39 is 0 Å². The highest BCUT2D eigenvalue weighted by molar-refractivity contribution is 9.11. The number of hydrogen-bond donors (Lipinski definition) is 1. The third-order valence-corrected chi connectivity index (χ3v) is 3.95. The number of rotatable bonds is 7. The molecule has 0 fully saturated rings. The number of para-hydroxylation sites is 1. The Hall–Kier alpha value is -1.80. The monoisotopic (exact) mass is 382 g/mol. The predicted octanol–water partition coefficient (Wildman–Crippen LogP) is 2.56. The largest absolute Gasteiger partial charge is 0.492 e. The van der Waals surface area contributed by atoms with Crippen LogP contribution in [0.4, 0.5) is 0 Å². The van der Waals surface area contributed by atoms with Gasteiger partial charge < -0.3 is 10.6 Å². The lowest BCUT2D eigenvalue weighted by atomic mass is 10.1. The van der Waals surface area contributed by atoms with Gasteiger partial charge in [0, 0.05) is 5.75 Å². The van der Waals surface area contributed by atoms with Gasteiger partial charge in [0.15, 0.2) is 5.78 Å². The van der Waals surface area contributed by atoms with Crippen molar-refractivity contribution in [3.63, 3.8) is 0 Å². The van der Waals surface area contributed by atoms with Crippen molar-refractivity contribution in [2.24, 2.45) is 0 Å². The molecule has 116 valence electrons. The number of aryl methyl sites for hydroxylation is 1. The van der Waals surface area contributed by atoms with E-state index in [1.807, 2.05) is 6.07 Å². The second-order valence-electron chi connectivity index (χ2n) is 4.25. The number of thioether (sulfide) groups is 1. The van der Waals surface area contributed by atoms with E-state index in [0.717, 1.165) is 0 Å². The number of allylic oxidation sites excluding steroid dienone is 1. The molecule has 0 saturated carbocycles. The van der Waals surface area contributed by atoms with Crippen LogP contribution in [0.25, 0.3) is 0 Å². The molecule has 6 nitrogen and oxygen atoms in total. The number of hydrogen-bond acceptors (Lipinski definition) is 6. The highest BCUT2D eigenvalue weighted by atomic mass is 79.9. The zero-order valence-electron chi connectivity index (χ0n) is 11.9. The lowest BCUT2D eigenvalue weighted by molar-refractivity contribution is 0.104. The standard InChI is InChI=1S/C14H15BrN4O2S/c1-10-17-18-14(19(10)16)22-9-8-21-13-5-3-2-4-11(13)12(20)6-7-15/h2-7H,8-9,16H2,1H3. The Morgan fingerprint density at radius 3 is 2.91 bits per heavy atom. The van der Waals surface area contributed by atoms with E-state index in [4.69, 9.17) is 10.6 Å². The van der Waals surface area contributed by atoms with E-state index in [9.17, 15) is 4.79 Å². The molecule has 2 aromatic rings. The van der Waals surface area contributed by atoms with Gasteiger partial charge in [-0.05, 0) is 30.1 Å². The van der Waals surface area contributed by atoms with Crippen LogP contribution in [0.2, 0.25) is 0 Å². The molecule has 1 aromatic heterocycles. The second kappa shape index (κ2) is 8.00. The van der Waals surface area contributed by atoms with Gasteiger partial charge >= 0.3 is 0 Å². The van der Waals surface area contributed by atoms with Crippen LogP contribution in [0.15, 0.2) is 40.5 Å². The topological polar surface area (TPSA) is 83.0 Å². The molecular formula is C14H15BrN4O2S. The van der Waals surface area contributed by atoms with E-state index in [-0.39, 0.29) is 5.78 Å². The number of benzene rings is 1. The number of carbonyl (C=O) groups is 1. The van der Waals surface area contributed by atoms with Crippen LogP contribution in [-0.2, 0) is 0 Å². The molecule has 8 heteroatoms. The highest BCUT2D eigenvalue weighted by Gasteiger charge is 2.10. The zero-order chi connectivity index (χ0) is 15.9. The molecule has 0 aliphatic heterocycles. The first-order valence-electron chi connectivity index (χ1n) is 6.46. The van der Waals surface area contributed by atoms with Crippen molar-refractivity contribution in [2.45, 2.75) is 12.1 Å². The normalized spacial score (nSPS) is 11.0. The number of nitrogens with zero attached hydrogens (tertiary/aromatic N) is 3. The first-order valence-corrected chi connectivity index (χ1v) is 8.36. The van der Waals surface area contributed by atoms with E-state index in [1.54, 1.807) is 25.1 Å². The third-order valence-electron chi connectivity index (χ3n) is 2.77. The van der Waals surface area contributed by atoms with Crippen molar-refractivity contribution in [3.8, 4) is 5.75 Å². The van der Waals surface area contributed by atoms with Crippen LogP contribution in [0, 0.1) is 6.92 Å². The summed E-state index contributed by atoms with van der Waals surface area (Å²) in [4.78, 5) is 13.5. The van der Waals surface area contributed by atoms with Gasteiger partial charge in [-0.2, -0.15) is 0 Å². The molecular weight excluding hydrogens is 368 g/mol. The van der Waals surface area contributed by atoms with Crippen molar-refractivity contribution < 1.29 is 9.53 Å². The van der Waals surface area contributed by atoms with Gasteiger partial charge in [0.05, 0.1) is 12.2 Å². The fourth-order valence-electron chi connectivity index (χ4n) is 1.68. The Balaban J connectivity index is 1.92. The molecule has 0 amide bonds. The second-order valence-corrected chi connectivity index (χ2v) is 5.84. The SMILES string of the molecule is Cc1nnc(SCCOc2ccccc2C(=O)C=CBr)n1N. The van der Waals surface area contributed by atoms with E-state index in [1.165, 1.54) is 27.5 Å². The smallest absolute Gasteiger partial charge is 0.209 e. The van der Waals surface area contributed by atoms with Gasteiger partial charge in [-0.3, -0.25) is 4.79 Å². The minimum Gasteiger partial charge on any atom is -0.492 e. The Bertz CT molecular complexity index is 687. The first kappa shape index (κ1) is 16.6. The number of aromatic nitrogens is 3. The summed E-state index contributed by atoms with van der Waals surface area (Å²) >= 11 is 4.54. The van der Waals surface area contributed by atoms with Crippen LogP contribution in [0.5, 0.6) is 5.75 Å². The van der Waals surface area contributed by atoms with Crippen molar-refractivity contribution in [1.82, 2.24) is 14.9 Å². The van der Waals surface area contributed by atoms with Crippen LogP contribution in [0.1, 0.15) is 16.2 Å². The van der Waals surface area contributed by atoms with Crippen LogP contribution in [-0.4, -0.2) is 33.0 Å². The Kier molecular flexibility index (Phi) is 6.02. The molecule has 0 bridgehead atoms. The average Bonchev–Trinajstić information content (AvgIpc) is 2.84. The van der Waals surface area contributed by atoms with Crippen LogP contribution in [0.3, 0.4) is 0 Å². The Morgan fingerprint density at radius 2 is 2.23 bits per heavy atom. The number of ether oxygens (including phenoxy) is 1. The Labute approximate surface area is 140 Å². The lowest BCUT2D eigenvalue weighted by Gasteiger charge is -2.09. The maximum atomic E-state index is 11.9. The zero-order valence-corrected chi connectivity index (χ0v) is 14.3. The van der Waals surface area contributed by atoms with Gasteiger partial charge in [-0.25, -0.2) is 4.68 Å². The number of halogens is 1. The maximum absolute atomic E-state index is 11.9.